The van der Waals surface area contributed by atoms with Crippen molar-refractivity contribution in [3.63, 3.8) is 0 Å². The number of halogens is 2. The van der Waals surface area contributed by atoms with Gasteiger partial charge in [0.2, 0.25) is 11.8 Å². The lowest BCUT2D eigenvalue weighted by molar-refractivity contribution is -0.142. The van der Waals surface area contributed by atoms with E-state index in [4.69, 9.17) is 21.3 Å². The Morgan fingerprint density at radius 3 is 2.47 bits per heavy atom. The smallest absolute Gasteiger partial charge is 0.410 e. The molecular weight excluding hydrogens is 633 g/mol. The highest BCUT2D eigenvalue weighted by Crippen LogP contribution is 2.45. The fourth-order valence-electron chi connectivity index (χ4n) is 6.99. The van der Waals surface area contributed by atoms with Gasteiger partial charge in [-0.15, -0.1) is 6.58 Å². The highest BCUT2D eigenvalue weighted by atomic mass is 35.5. The number of hydrogen-bond donors (Lipinski definition) is 3. The zero-order valence-corrected chi connectivity index (χ0v) is 27.7. The predicted molar refractivity (Wildman–Crippen MR) is 169 cm³/mol. The molecule has 1 saturated heterocycles. The molecule has 1 aromatic rings. The molecule has 2 aliphatic heterocycles. The van der Waals surface area contributed by atoms with Gasteiger partial charge in [-0.25, -0.2) is 14.0 Å². The zero-order chi connectivity index (χ0) is 34.1. The Bertz CT molecular complexity index is 1430. The van der Waals surface area contributed by atoms with Crippen LogP contribution in [0.1, 0.15) is 76.8 Å². The molecule has 5 rings (SSSR count). The van der Waals surface area contributed by atoms with E-state index in [0.717, 1.165) is 19.3 Å². The average Bonchev–Trinajstić information content (AvgIpc) is 3.33. The molecule has 3 N–H and O–H groups in total. The van der Waals surface area contributed by atoms with E-state index in [1.165, 1.54) is 15.9 Å². The molecule has 12 nitrogen and oxygen atoms in total. The number of likely N-dealkylation sites (tertiary alicyclic amines) is 1. The number of carbonyl (C=O) groups is 5. The molecule has 0 bridgehead atoms. The zero-order valence-electron chi connectivity index (χ0n) is 27.0. The lowest BCUT2D eigenvalue weighted by Crippen LogP contribution is -2.58. The summed E-state index contributed by atoms with van der Waals surface area (Å²) >= 11 is 5.64. The van der Waals surface area contributed by atoms with E-state index in [9.17, 15) is 28.4 Å². The van der Waals surface area contributed by atoms with Gasteiger partial charge in [0.25, 0.3) is 5.91 Å². The first-order valence-corrected chi connectivity index (χ1v) is 16.5. The molecule has 47 heavy (non-hydrogen) atoms. The Labute approximate surface area is 278 Å². The van der Waals surface area contributed by atoms with Crippen molar-refractivity contribution in [3.8, 4) is 0 Å². The SMILES string of the molecule is C=CC1C[C@]1(NC(=O)[C@@H]1C[C@@H](OC(=O)N2Cc3cccc(F)c3C2)CN1C(=O)[C@H](NC(=O)OC(C)(C)C)C1CCCCC1)C(=O)NCl. The van der Waals surface area contributed by atoms with Gasteiger partial charge in [-0.05, 0) is 57.6 Å². The van der Waals surface area contributed by atoms with Crippen LogP contribution >= 0.6 is 11.8 Å². The molecule has 5 atom stereocenters. The summed E-state index contributed by atoms with van der Waals surface area (Å²) in [4.78, 5) is 72.0. The molecule has 14 heteroatoms. The highest BCUT2D eigenvalue weighted by molar-refractivity contribution is 6.23. The standard InChI is InChI=1S/C33H43ClFN5O7/c1-5-21-15-33(21,29(43)38-34)37-27(41)25-14-22(46-31(45)39-16-20-12-9-13-24(35)23(20)18-39)17-40(25)28(42)26(19-10-7-6-8-11-19)36-30(44)47-32(2,3)4/h5,9,12-13,19,21-22,25-26H,1,6-8,10-11,14-18H2,2-4H3,(H,36,44)(H,37,41)(H,38,43)/t21?,22-,25+,26-,33-/m1/s1. The van der Waals surface area contributed by atoms with Crippen LogP contribution in [0.15, 0.2) is 30.9 Å². The second-order valence-corrected chi connectivity index (χ2v) is 14.1. The van der Waals surface area contributed by atoms with E-state index in [1.807, 2.05) is 0 Å². The van der Waals surface area contributed by atoms with Crippen LogP contribution in [0.4, 0.5) is 14.0 Å². The molecule has 4 aliphatic rings. The number of benzene rings is 1. The quantitative estimate of drug-likeness (QED) is 0.278. The third-order valence-electron chi connectivity index (χ3n) is 9.50. The fourth-order valence-corrected chi connectivity index (χ4v) is 7.15. The van der Waals surface area contributed by atoms with Crippen LogP contribution in [0, 0.1) is 17.7 Å². The van der Waals surface area contributed by atoms with Crippen molar-refractivity contribution in [2.75, 3.05) is 6.54 Å². The first-order valence-electron chi connectivity index (χ1n) is 16.1. The minimum atomic E-state index is -1.33. The Kier molecular flexibility index (Phi) is 10.0. The monoisotopic (exact) mass is 675 g/mol. The number of ether oxygens (including phenoxy) is 2. The van der Waals surface area contributed by atoms with Crippen LogP contribution in [0.25, 0.3) is 0 Å². The van der Waals surface area contributed by atoms with E-state index in [-0.39, 0.29) is 44.3 Å². The van der Waals surface area contributed by atoms with Gasteiger partial charge in [-0.1, -0.05) is 37.5 Å². The van der Waals surface area contributed by atoms with E-state index in [1.54, 1.807) is 39.0 Å². The topological polar surface area (TPSA) is 146 Å². The molecule has 3 fully saturated rings. The van der Waals surface area contributed by atoms with Crippen LogP contribution < -0.4 is 15.5 Å². The first kappa shape index (κ1) is 34.5. The van der Waals surface area contributed by atoms with Crippen molar-refractivity contribution >= 4 is 41.7 Å². The van der Waals surface area contributed by atoms with Crippen molar-refractivity contribution in [1.82, 2.24) is 25.3 Å². The molecule has 1 unspecified atom stereocenters. The number of amides is 5. The second kappa shape index (κ2) is 13.7. The largest absolute Gasteiger partial charge is 0.444 e. The maximum Gasteiger partial charge on any atom is 0.410 e. The molecule has 0 radical (unpaired) electrons. The summed E-state index contributed by atoms with van der Waals surface area (Å²) in [7, 11) is 0. The lowest BCUT2D eigenvalue weighted by Gasteiger charge is -2.35. The average molecular weight is 676 g/mol. The Morgan fingerprint density at radius 1 is 1.13 bits per heavy atom. The molecule has 1 aromatic carbocycles. The van der Waals surface area contributed by atoms with Gasteiger partial charge in [0.15, 0.2) is 0 Å². The van der Waals surface area contributed by atoms with Crippen molar-refractivity contribution in [3.05, 3.63) is 47.8 Å². The van der Waals surface area contributed by atoms with Crippen LogP contribution in [-0.2, 0) is 36.9 Å². The lowest BCUT2D eigenvalue weighted by atomic mass is 9.83. The number of alkyl carbamates (subject to hydrolysis) is 1. The molecular formula is C33H43ClFN5O7. The van der Waals surface area contributed by atoms with Crippen LogP contribution in [0.3, 0.4) is 0 Å². The first-order chi connectivity index (χ1) is 22.3. The van der Waals surface area contributed by atoms with Crippen molar-refractivity contribution in [2.24, 2.45) is 11.8 Å². The summed E-state index contributed by atoms with van der Waals surface area (Å²) in [6.45, 7) is 8.96. The van der Waals surface area contributed by atoms with Crippen LogP contribution in [0.2, 0.25) is 0 Å². The van der Waals surface area contributed by atoms with Gasteiger partial charge in [0, 0.05) is 36.2 Å². The minimum Gasteiger partial charge on any atom is -0.444 e. The molecule has 0 spiro atoms. The van der Waals surface area contributed by atoms with Gasteiger partial charge in [-0.2, -0.15) is 0 Å². The van der Waals surface area contributed by atoms with E-state index >= 15 is 0 Å². The number of nitrogens with zero attached hydrogens (tertiary/aromatic N) is 2. The number of nitrogens with one attached hydrogen (secondary N) is 3. The number of hydrogen-bond acceptors (Lipinski definition) is 7. The van der Waals surface area contributed by atoms with Gasteiger partial charge in [0.1, 0.15) is 35.1 Å². The normalized spacial score (nSPS) is 26.1. The van der Waals surface area contributed by atoms with Gasteiger partial charge in [-0.3, -0.25) is 24.1 Å². The van der Waals surface area contributed by atoms with Crippen molar-refractivity contribution in [2.45, 2.75) is 108 Å². The summed E-state index contributed by atoms with van der Waals surface area (Å²) < 4.78 is 25.6. The molecule has 2 saturated carbocycles. The van der Waals surface area contributed by atoms with Crippen LogP contribution in [0.5, 0.6) is 0 Å². The van der Waals surface area contributed by atoms with Gasteiger partial charge >= 0.3 is 12.2 Å². The summed E-state index contributed by atoms with van der Waals surface area (Å²) in [6, 6.07) is 2.53. The minimum absolute atomic E-state index is 0.0304. The predicted octanol–water partition coefficient (Wildman–Crippen LogP) is 4.05. The third-order valence-corrected chi connectivity index (χ3v) is 9.67. The van der Waals surface area contributed by atoms with E-state index < -0.39 is 65.1 Å². The molecule has 0 aromatic heterocycles. The number of fused-ring (bicyclic) bond motifs is 1. The third kappa shape index (κ3) is 7.50. The van der Waals surface area contributed by atoms with Gasteiger partial charge < -0.3 is 25.0 Å². The summed E-state index contributed by atoms with van der Waals surface area (Å²) in [5, 5.41) is 5.55. The number of carbonyl (C=O) groups excluding carboxylic acids is 5. The second-order valence-electron chi connectivity index (χ2n) is 13.9. The fraction of sp³-hybridized carbons (Fsp3) is 0.606. The van der Waals surface area contributed by atoms with E-state index in [2.05, 4.69) is 22.0 Å². The molecule has 256 valence electrons. The molecule has 2 heterocycles. The Morgan fingerprint density at radius 2 is 1.85 bits per heavy atom. The number of rotatable bonds is 8. The van der Waals surface area contributed by atoms with Crippen LogP contribution in [-0.4, -0.2) is 75.6 Å². The molecule has 2 aliphatic carbocycles. The van der Waals surface area contributed by atoms with Gasteiger partial charge in [0.05, 0.1) is 13.1 Å². The summed E-state index contributed by atoms with van der Waals surface area (Å²) in [6.07, 6.45) is 3.58. The maximum absolute atomic E-state index is 14.4. The van der Waals surface area contributed by atoms with E-state index in [0.29, 0.717) is 24.0 Å². The maximum atomic E-state index is 14.4. The highest BCUT2D eigenvalue weighted by Gasteiger charge is 2.61. The summed E-state index contributed by atoms with van der Waals surface area (Å²) in [5.41, 5.74) is -1.04. The summed E-state index contributed by atoms with van der Waals surface area (Å²) in [5.74, 6) is -2.73. The Balaban J connectivity index is 1.38. The van der Waals surface area contributed by atoms with Crippen molar-refractivity contribution < 1.29 is 37.8 Å². The molecule has 5 amide bonds. The Hall–Kier alpha value is -3.87. The van der Waals surface area contributed by atoms with Crippen molar-refractivity contribution in [1.29, 1.82) is 0 Å².